The number of hydrogen-bond donors (Lipinski definition) is 1. The highest BCUT2D eigenvalue weighted by atomic mass is 16.5. The van der Waals surface area contributed by atoms with Crippen LogP contribution in [0.3, 0.4) is 0 Å². The van der Waals surface area contributed by atoms with Gasteiger partial charge < -0.3 is 10.5 Å². The van der Waals surface area contributed by atoms with Crippen LogP contribution >= 0.6 is 0 Å². The van der Waals surface area contributed by atoms with Crippen molar-refractivity contribution >= 4 is 5.82 Å². The van der Waals surface area contributed by atoms with E-state index in [1.807, 2.05) is 13.8 Å². The lowest BCUT2D eigenvalue weighted by atomic mass is 10.0. The fourth-order valence-corrected chi connectivity index (χ4v) is 1.88. The molecule has 0 radical (unpaired) electrons. The number of aryl methyl sites for hydroxylation is 1. The van der Waals surface area contributed by atoms with Crippen LogP contribution in [-0.4, -0.2) is 23.7 Å². The summed E-state index contributed by atoms with van der Waals surface area (Å²) in [6.45, 7) is 8.82. The average Bonchev–Trinajstić information content (AvgIpc) is 2.16. The molecule has 0 aliphatic rings. The van der Waals surface area contributed by atoms with Gasteiger partial charge >= 0.3 is 0 Å². The van der Waals surface area contributed by atoms with E-state index in [-0.39, 0.29) is 5.92 Å². The second-order valence-electron chi connectivity index (χ2n) is 4.48. The van der Waals surface area contributed by atoms with E-state index in [0.717, 1.165) is 17.1 Å². The van der Waals surface area contributed by atoms with Crippen molar-refractivity contribution in [1.82, 2.24) is 9.97 Å². The predicted molar refractivity (Wildman–Crippen MR) is 65.6 cm³/mol. The van der Waals surface area contributed by atoms with Gasteiger partial charge in [0.2, 0.25) is 0 Å². The van der Waals surface area contributed by atoms with E-state index in [0.29, 0.717) is 18.3 Å². The van der Waals surface area contributed by atoms with E-state index in [2.05, 4.69) is 23.8 Å². The summed E-state index contributed by atoms with van der Waals surface area (Å²) >= 11 is 0. The summed E-state index contributed by atoms with van der Waals surface area (Å²) in [4.78, 5) is 8.86. The first kappa shape index (κ1) is 12.9. The molecule has 0 aromatic carbocycles. The van der Waals surface area contributed by atoms with Crippen LogP contribution in [-0.2, 0) is 4.74 Å². The summed E-state index contributed by atoms with van der Waals surface area (Å²) in [5, 5.41) is 0. The number of methoxy groups -OCH3 is 1. The fourth-order valence-electron chi connectivity index (χ4n) is 1.88. The third kappa shape index (κ3) is 2.70. The summed E-state index contributed by atoms with van der Waals surface area (Å²) in [7, 11) is 1.68. The Hall–Kier alpha value is -1.16. The molecule has 0 aliphatic heterocycles. The average molecular weight is 223 g/mol. The highest BCUT2D eigenvalue weighted by Gasteiger charge is 2.15. The number of nitrogens with two attached hydrogens (primary N) is 1. The van der Waals surface area contributed by atoms with Gasteiger partial charge in [-0.3, -0.25) is 0 Å². The molecule has 0 amide bonds. The normalized spacial score (nSPS) is 13.1. The number of hydrogen-bond acceptors (Lipinski definition) is 4. The number of nitrogen functional groups attached to an aromatic ring is 1. The molecule has 4 nitrogen and oxygen atoms in total. The fraction of sp³-hybridized carbons (Fsp3) is 0.667. The maximum Gasteiger partial charge on any atom is 0.136 e. The Morgan fingerprint density at radius 2 is 1.88 bits per heavy atom. The smallest absolute Gasteiger partial charge is 0.136 e. The molecule has 1 aromatic heterocycles. The SMILES string of the molecule is COCC(C)c1nc(C)c(C(C)C)c(N)n1. The molecule has 0 aliphatic carbocycles. The molecule has 1 atom stereocenters. The molecule has 1 rings (SSSR count). The van der Waals surface area contributed by atoms with E-state index >= 15 is 0 Å². The van der Waals surface area contributed by atoms with Crippen LogP contribution in [0.25, 0.3) is 0 Å². The Bertz CT molecular complexity index is 340. The number of rotatable bonds is 4. The molecule has 1 unspecified atom stereocenters. The van der Waals surface area contributed by atoms with Crippen LogP contribution in [0.5, 0.6) is 0 Å². The molecule has 16 heavy (non-hydrogen) atoms. The van der Waals surface area contributed by atoms with Crippen molar-refractivity contribution in [3.63, 3.8) is 0 Å². The van der Waals surface area contributed by atoms with Crippen molar-refractivity contribution in [2.75, 3.05) is 19.5 Å². The minimum Gasteiger partial charge on any atom is -0.384 e. The van der Waals surface area contributed by atoms with Gasteiger partial charge in [-0.05, 0) is 12.8 Å². The lowest BCUT2D eigenvalue weighted by molar-refractivity contribution is 0.181. The van der Waals surface area contributed by atoms with Crippen molar-refractivity contribution in [3.8, 4) is 0 Å². The third-order valence-electron chi connectivity index (χ3n) is 2.62. The molecule has 4 heteroatoms. The molecule has 0 bridgehead atoms. The summed E-state index contributed by atoms with van der Waals surface area (Å²) in [6.07, 6.45) is 0. The first-order valence-electron chi connectivity index (χ1n) is 5.60. The maximum atomic E-state index is 5.97. The van der Waals surface area contributed by atoms with Crippen molar-refractivity contribution in [2.24, 2.45) is 0 Å². The van der Waals surface area contributed by atoms with Crippen molar-refractivity contribution in [2.45, 2.75) is 39.5 Å². The third-order valence-corrected chi connectivity index (χ3v) is 2.62. The van der Waals surface area contributed by atoms with Crippen LogP contribution in [0.15, 0.2) is 0 Å². The Labute approximate surface area is 97.2 Å². The molecule has 0 fully saturated rings. The van der Waals surface area contributed by atoms with E-state index in [1.54, 1.807) is 7.11 Å². The van der Waals surface area contributed by atoms with Gasteiger partial charge in [0, 0.05) is 24.3 Å². The first-order valence-corrected chi connectivity index (χ1v) is 5.60. The molecule has 2 N–H and O–H groups in total. The van der Waals surface area contributed by atoms with Gasteiger partial charge in [-0.1, -0.05) is 20.8 Å². The summed E-state index contributed by atoms with van der Waals surface area (Å²) < 4.78 is 5.09. The number of ether oxygens (including phenoxy) is 1. The van der Waals surface area contributed by atoms with Gasteiger partial charge in [0.1, 0.15) is 11.6 Å². The van der Waals surface area contributed by atoms with Gasteiger partial charge in [-0.2, -0.15) is 0 Å². The lowest BCUT2D eigenvalue weighted by Crippen LogP contribution is -2.13. The van der Waals surface area contributed by atoms with Gasteiger partial charge in [0.25, 0.3) is 0 Å². The van der Waals surface area contributed by atoms with Gasteiger partial charge in [-0.15, -0.1) is 0 Å². The van der Waals surface area contributed by atoms with E-state index < -0.39 is 0 Å². The first-order chi connectivity index (χ1) is 7.47. The van der Waals surface area contributed by atoms with Crippen LogP contribution in [0.2, 0.25) is 0 Å². The van der Waals surface area contributed by atoms with E-state index in [9.17, 15) is 0 Å². The van der Waals surface area contributed by atoms with Crippen molar-refractivity contribution in [1.29, 1.82) is 0 Å². The van der Waals surface area contributed by atoms with Gasteiger partial charge in [0.05, 0.1) is 6.61 Å². The van der Waals surface area contributed by atoms with E-state index in [4.69, 9.17) is 10.5 Å². The number of anilines is 1. The number of nitrogens with zero attached hydrogens (tertiary/aromatic N) is 2. The molecule has 1 heterocycles. The van der Waals surface area contributed by atoms with Gasteiger partial charge in [-0.25, -0.2) is 9.97 Å². The molecule has 0 spiro atoms. The highest BCUT2D eigenvalue weighted by Crippen LogP contribution is 2.24. The van der Waals surface area contributed by atoms with E-state index in [1.165, 1.54) is 0 Å². The maximum absolute atomic E-state index is 5.97. The van der Waals surface area contributed by atoms with Crippen LogP contribution in [0.4, 0.5) is 5.82 Å². The van der Waals surface area contributed by atoms with Crippen LogP contribution in [0, 0.1) is 6.92 Å². The minimum atomic E-state index is 0.173. The molecular weight excluding hydrogens is 202 g/mol. The summed E-state index contributed by atoms with van der Waals surface area (Å²) in [6, 6.07) is 0. The Morgan fingerprint density at radius 3 is 2.31 bits per heavy atom. The quantitative estimate of drug-likeness (QED) is 0.850. The van der Waals surface area contributed by atoms with Crippen molar-refractivity contribution in [3.05, 3.63) is 17.1 Å². The highest BCUT2D eigenvalue weighted by molar-refractivity contribution is 5.44. The molecule has 0 saturated heterocycles. The summed E-state index contributed by atoms with van der Waals surface area (Å²) in [5.74, 6) is 1.89. The monoisotopic (exact) mass is 223 g/mol. The molecule has 0 saturated carbocycles. The van der Waals surface area contributed by atoms with Crippen molar-refractivity contribution < 1.29 is 4.74 Å². The Balaban J connectivity index is 3.09. The minimum absolute atomic E-state index is 0.173. The second-order valence-corrected chi connectivity index (χ2v) is 4.48. The van der Waals surface area contributed by atoms with Gasteiger partial charge in [0.15, 0.2) is 0 Å². The predicted octanol–water partition coefficient (Wildman–Crippen LogP) is 2.24. The standard InChI is InChI=1S/C12H21N3O/c1-7(2)10-9(4)14-12(15-11(10)13)8(3)6-16-5/h7-8H,6H2,1-5H3,(H2,13,14,15). The molecule has 90 valence electrons. The van der Waals surface area contributed by atoms with Crippen LogP contribution < -0.4 is 5.73 Å². The molecule has 1 aromatic rings. The zero-order valence-corrected chi connectivity index (χ0v) is 10.7. The lowest BCUT2D eigenvalue weighted by Gasteiger charge is -2.15. The summed E-state index contributed by atoms with van der Waals surface area (Å²) in [5.41, 5.74) is 7.99. The largest absolute Gasteiger partial charge is 0.384 e. The van der Waals surface area contributed by atoms with Crippen LogP contribution in [0.1, 0.15) is 49.7 Å². The topological polar surface area (TPSA) is 61.0 Å². The zero-order chi connectivity index (χ0) is 12.3. The Morgan fingerprint density at radius 1 is 1.25 bits per heavy atom. The second kappa shape index (κ2) is 5.25. The Kier molecular flexibility index (Phi) is 4.24. The number of aromatic nitrogens is 2. The molecular formula is C12H21N3O. The zero-order valence-electron chi connectivity index (χ0n) is 10.7.